The van der Waals surface area contributed by atoms with Crippen molar-refractivity contribution in [3.8, 4) is 0 Å². The second kappa shape index (κ2) is 4.92. The van der Waals surface area contributed by atoms with Gasteiger partial charge in [0, 0.05) is 29.4 Å². The van der Waals surface area contributed by atoms with Gasteiger partial charge < -0.3 is 10.6 Å². The topological polar surface area (TPSA) is 41.1 Å². The maximum Gasteiger partial charge on any atom is 0.221 e. The van der Waals surface area contributed by atoms with Crippen molar-refractivity contribution in [3.05, 3.63) is 0 Å². The van der Waals surface area contributed by atoms with Crippen LogP contribution in [0.5, 0.6) is 0 Å². The summed E-state index contributed by atoms with van der Waals surface area (Å²) in [6, 6.07) is 0.252. The average Bonchev–Trinajstić information content (AvgIpc) is 1.96. The molecule has 0 spiro atoms. The van der Waals surface area contributed by atoms with Gasteiger partial charge in [-0.1, -0.05) is 0 Å². The number of alkyl halides is 1. The summed E-state index contributed by atoms with van der Waals surface area (Å²) in [7, 11) is 0. The molecule has 0 aromatic heterocycles. The molecule has 1 saturated heterocycles. The van der Waals surface area contributed by atoms with Crippen molar-refractivity contribution in [2.75, 3.05) is 5.88 Å². The number of amides is 1. The first kappa shape index (κ1) is 13.8. The Morgan fingerprint density at radius 1 is 1.31 bits per heavy atom. The molecule has 1 rings (SSSR count). The van der Waals surface area contributed by atoms with Gasteiger partial charge in [-0.2, -0.15) is 0 Å². The summed E-state index contributed by atoms with van der Waals surface area (Å²) in [5.74, 6) is 0.456. The summed E-state index contributed by atoms with van der Waals surface area (Å²) < 4.78 is 0. The van der Waals surface area contributed by atoms with Gasteiger partial charge in [0.2, 0.25) is 5.91 Å². The Morgan fingerprint density at radius 3 is 2.25 bits per heavy atom. The fraction of sp³-hybridized carbons (Fsp3) is 0.917. The lowest BCUT2D eigenvalue weighted by molar-refractivity contribution is -0.121. The van der Waals surface area contributed by atoms with E-state index in [0.717, 1.165) is 12.8 Å². The highest BCUT2D eigenvalue weighted by atomic mass is 35.5. The summed E-state index contributed by atoms with van der Waals surface area (Å²) in [6.45, 7) is 8.70. The quantitative estimate of drug-likeness (QED) is 0.749. The minimum atomic E-state index is 0.0634. The molecule has 2 N–H and O–H groups in total. The molecule has 4 heteroatoms. The standard InChI is InChI=1S/C12H23ClN2O/c1-11(2)7-9(8-12(3,4)15-11)14-10(16)5-6-13/h9,15H,5-8H2,1-4H3,(H,14,16). The molecule has 0 aromatic rings. The predicted octanol–water partition coefficient (Wildman–Crippen LogP) is 2.04. The van der Waals surface area contributed by atoms with Crippen LogP contribution in [0, 0.1) is 0 Å². The highest BCUT2D eigenvalue weighted by Gasteiger charge is 2.37. The molecule has 3 nitrogen and oxygen atoms in total. The van der Waals surface area contributed by atoms with Gasteiger partial charge in [-0.25, -0.2) is 0 Å². The molecule has 1 heterocycles. The fourth-order valence-corrected chi connectivity index (χ4v) is 2.98. The van der Waals surface area contributed by atoms with E-state index >= 15 is 0 Å². The number of rotatable bonds is 3. The second-order valence-electron chi connectivity index (χ2n) is 6.00. The van der Waals surface area contributed by atoms with E-state index in [1.54, 1.807) is 0 Å². The molecule has 1 amide bonds. The van der Waals surface area contributed by atoms with E-state index in [2.05, 4.69) is 38.3 Å². The predicted molar refractivity (Wildman–Crippen MR) is 67.8 cm³/mol. The largest absolute Gasteiger partial charge is 0.353 e. The lowest BCUT2D eigenvalue weighted by Crippen LogP contribution is -2.62. The van der Waals surface area contributed by atoms with Gasteiger partial charge in [-0.15, -0.1) is 11.6 Å². The lowest BCUT2D eigenvalue weighted by Gasteiger charge is -2.46. The van der Waals surface area contributed by atoms with Crippen molar-refractivity contribution >= 4 is 17.5 Å². The van der Waals surface area contributed by atoms with E-state index in [-0.39, 0.29) is 23.0 Å². The summed E-state index contributed by atoms with van der Waals surface area (Å²) in [4.78, 5) is 11.5. The number of nitrogens with one attached hydrogen (secondary N) is 2. The van der Waals surface area contributed by atoms with Gasteiger partial charge in [0.25, 0.3) is 0 Å². The van der Waals surface area contributed by atoms with E-state index in [1.165, 1.54) is 0 Å². The molecule has 1 aliphatic heterocycles. The molecule has 16 heavy (non-hydrogen) atoms. The maximum absolute atomic E-state index is 11.5. The van der Waals surface area contributed by atoms with Crippen LogP contribution in [0.3, 0.4) is 0 Å². The van der Waals surface area contributed by atoms with Crippen molar-refractivity contribution < 1.29 is 4.79 Å². The minimum Gasteiger partial charge on any atom is -0.353 e. The van der Waals surface area contributed by atoms with Gasteiger partial charge in [0.15, 0.2) is 0 Å². The summed E-state index contributed by atoms with van der Waals surface area (Å²) in [5.41, 5.74) is 0.140. The fourth-order valence-electron chi connectivity index (χ4n) is 2.81. The van der Waals surface area contributed by atoms with E-state index in [4.69, 9.17) is 11.6 Å². The number of piperidine rings is 1. The molecule has 1 aliphatic rings. The molecule has 0 saturated carbocycles. The Hall–Kier alpha value is -0.280. The van der Waals surface area contributed by atoms with Crippen LogP contribution in [0.15, 0.2) is 0 Å². The Balaban J connectivity index is 2.57. The first-order valence-electron chi connectivity index (χ1n) is 5.89. The smallest absolute Gasteiger partial charge is 0.221 e. The molecular weight excluding hydrogens is 224 g/mol. The number of carbonyl (C=O) groups is 1. The van der Waals surface area contributed by atoms with Crippen molar-refractivity contribution in [3.63, 3.8) is 0 Å². The summed E-state index contributed by atoms with van der Waals surface area (Å²) in [6.07, 6.45) is 2.33. The van der Waals surface area contributed by atoms with E-state index < -0.39 is 0 Å². The van der Waals surface area contributed by atoms with Crippen LogP contribution in [0.4, 0.5) is 0 Å². The van der Waals surface area contributed by atoms with Gasteiger partial charge in [-0.3, -0.25) is 4.79 Å². The number of carbonyl (C=O) groups excluding carboxylic acids is 1. The molecule has 0 aliphatic carbocycles. The number of halogens is 1. The van der Waals surface area contributed by atoms with Crippen LogP contribution >= 0.6 is 11.6 Å². The zero-order valence-corrected chi connectivity index (χ0v) is 11.4. The first-order valence-corrected chi connectivity index (χ1v) is 6.42. The molecule has 0 radical (unpaired) electrons. The zero-order valence-electron chi connectivity index (χ0n) is 10.7. The molecule has 94 valence electrons. The van der Waals surface area contributed by atoms with Gasteiger partial charge in [0.1, 0.15) is 0 Å². The van der Waals surface area contributed by atoms with Crippen LogP contribution in [0.2, 0.25) is 0 Å². The third-order valence-corrected chi connectivity index (χ3v) is 3.07. The highest BCUT2D eigenvalue weighted by molar-refractivity contribution is 6.18. The third kappa shape index (κ3) is 4.30. The minimum absolute atomic E-state index is 0.0634. The Kier molecular flexibility index (Phi) is 4.24. The Morgan fingerprint density at radius 2 is 1.81 bits per heavy atom. The molecule has 1 fully saturated rings. The van der Waals surface area contributed by atoms with E-state index in [9.17, 15) is 4.79 Å². The van der Waals surface area contributed by atoms with Gasteiger partial charge >= 0.3 is 0 Å². The third-order valence-electron chi connectivity index (χ3n) is 2.88. The second-order valence-corrected chi connectivity index (χ2v) is 6.38. The molecule has 0 bridgehead atoms. The average molecular weight is 247 g/mol. The summed E-state index contributed by atoms with van der Waals surface area (Å²) >= 11 is 5.55. The van der Waals surface area contributed by atoms with Crippen molar-refractivity contribution in [1.82, 2.24) is 10.6 Å². The normalized spacial score (nSPS) is 24.1. The summed E-state index contributed by atoms with van der Waals surface area (Å²) in [5, 5.41) is 6.66. The van der Waals surface area contributed by atoms with Crippen LogP contribution in [-0.2, 0) is 4.79 Å². The molecule has 0 unspecified atom stereocenters. The zero-order chi connectivity index (χ0) is 12.4. The van der Waals surface area contributed by atoms with Crippen molar-refractivity contribution in [1.29, 1.82) is 0 Å². The van der Waals surface area contributed by atoms with Crippen molar-refractivity contribution in [2.45, 2.75) is 64.1 Å². The van der Waals surface area contributed by atoms with Crippen LogP contribution in [0.1, 0.15) is 47.0 Å². The first-order chi connectivity index (χ1) is 7.24. The molecular formula is C12H23ClN2O. The maximum atomic E-state index is 11.5. The Labute approximate surface area is 103 Å². The number of hydrogen-bond acceptors (Lipinski definition) is 2. The van der Waals surface area contributed by atoms with Crippen LogP contribution < -0.4 is 10.6 Å². The highest BCUT2D eigenvalue weighted by Crippen LogP contribution is 2.28. The molecule has 0 atom stereocenters. The van der Waals surface area contributed by atoms with Gasteiger partial charge in [0.05, 0.1) is 0 Å². The van der Waals surface area contributed by atoms with Crippen LogP contribution in [0.25, 0.3) is 0 Å². The van der Waals surface area contributed by atoms with E-state index in [0.29, 0.717) is 12.3 Å². The van der Waals surface area contributed by atoms with E-state index in [1.807, 2.05) is 0 Å². The lowest BCUT2D eigenvalue weighted by atomic mass is 9.79. The van der Waals surface area contributed by atoms with Crippen molar-refractivity contribution in [2.24, 2.45) is 0 Å². The molecule has 0 aromatic carbocycles. The SMILES string of the molecule is CC1(C)CC(NC(=O)CCCl)CC(C)(C)N1. The monoisotopic (exact) mass is 246 g/mol. The Bertz CT molecular complexity index is 248. The van der Waals surface area contributed by atoms with Gasteiger partial charge in [-0.05, 0) is 40.5 Å². The number of hydrogen-bond donors (Lipinski definition) is 2. The van der Waals surface area contributed by atoms with Crippen LogP contribution in [-0.4, -0.2) is 28.9 Å².